The number of esters is 1. The first-order valence-electron chi connectivity index (χ1n) is 13.2. The fourth-order valence-corrected chi connectivity index (χ4v) is 6.13. The van der Waals surface area contributed by atoms with E-state index in [2.05, 4.69) is 16.0 Å². The third-order valence-corrected chi connectivity index (χ3v) is 7.95. The van der Waals surface area contributed by atoms with Gasteiger partial charge in [-0.1, -0.05) is 0 Å². The molecule has 12 heteroatoms. The number of fused-ring (bicyclic) bond motifs is 4. The van der Waals surface area contributed by atoms with Gasteiger partial charge in [0.25, 0.3) is 5.56 Å². The largest absolute Gasteiger partial charge is 0.461 e. The molecule has 5 rings (SSSR count). The van der Waals surface area contributed by atoms with Gasteiger partial charge >= 0.3 is 5.97 Å². The predicted octanol–water partition coefficient (Wildman–Crippen LogP) is 1.21. The Bertz CT molecular complexity index is 1470. The lowest BCUT2D eigenvalue weighted by Gasteiger charge is -2.41. The number of carbonyl (C=O) groups is 3. The van der Waals surface area contributed by atoms with Gasteiger partial charge in [0.2, 0.25) is 12.3 Å². The van der Waals surface area contributed by atoms with E-state index in [1.807, 2.05) is 6.07 Å². The molecule has 2 aromatic rings. The molecule has 1 aromatic heterocycles. The van der Waals surface area contributed by atoms with Gasteiger partial charge < -0.3 is 24.7 Å². The van der Waals surface area contributed by atoms with Crippen molar-refractivity contribution in [1.29, 1.82) is 0 Å². The lowest BCUT2D eigenvalue weighted by Crippen LogP contribution is -2.48. The third kappa shape index (κ3) is 5.04. The molecule has 3 atom stereocenters. The van der Waals surface area contributed by atoms with E-state index in [0.717, 1.165) is 11.1 Å². The van der Waals surface area contributed by atoms with Crippen LogP contribution in [0.25, 0.3) is 0 Å². The number of pyridine rings is 1. The smallest absolute Gasteiger partial charge is 0.302 e. The van der Waals surface area contributed by atoms with Crippen molar-refractivity contribution in [3.8, 4) is 0 Å². The summed E-state index contributed by atoms with van der Waals surface area (Å²) in [6.07, 6.45) is 1.74. The maximum atomic E-state index is 15.0. The number of nitrogens with zero attached hydrogens (tertiary/aromatic N) is 2. The quantitative estimate of drug-likeness (QED) is 0.174. The molecule has 2 unspecified atom stereocenters. The average Bonchev–Trinajstić information content (AvgIpc) is 3.27. The van der Waals surface area contributed by atoms with Crippen LogP contribution in [0.1, 0.15) is 52.8 Å². The topological polar surface area (TPSA) is 140 Å². The van der Waals surface area contributed by atoms with Crippen LogP contribution in [-0.2, 0) is 43.4 Å². The zero-order valence-electron chi connectivity index (χ0n) is 22.6. The summed E-state index contributed by atoms with van der Waals surface area (Å²) in [5.41, 5.74) is 5.12. The molecule has 11 nitrogen and oxygen atoms in total. The molecule has 3 N–H and O–H groups in total. The number of aliphatic imine (C=N–C) groups is 1. The number of benzene rings is 1. The van der Waals surface area contributed by atoms with Crippen molar-refractivity contribution >= 4 is 29.7 Å². The summed E-state index contributed by atoms with van der Waals surface area (Å²) in [6, 6.07) is 3.03. The van der Waals surface area contributed by atoms with Gasteiger partial charge in [0.15, 0.2) is 0 Å². The molecular formula is C28H32FN5O6. The SMILES string of the molecule is CC(=O)OCc1c(C)cc2n(c1=O)CC1C2=Nc2cc(F)c(C)c3c2C1[C@@H](NC(=O)COCNCNC=O)CC3. The number of hydrogen-bond donors (Lipinski definition) is 3. The Balaban J connectivity index is 1.46. The molecule has 1 aromatic carbocycles. The van der Waals surface area contributed by atoms with Gasteiger partial charge in [-0.2, -0.15) is 0 Å². The second kappa shape index (κ2) is 11.3. The number of aromatic nitrogens is 1. The zero-order chi connectivity index (χ0) is 28.6. The van der Waals surface area contributed by atoms with E-state index in [9.17, 15) is 23.6 Å². The molecule has 3 heterocycles. The van der Waals surface area contributed by atoms with Crippen LogP contribution >= 0.6 is 0 Å². The van der Waals surface area contributed by atoms with Crippen molar-refractivity contribution in [3.05, 3.63) is 61.8 Å². The molecule has 2 amide bonds. The van der Waals surface area contributed by atoms with Crippen LogP contribution in [0.15, 0.2) is 21.9 Å². The number of ether oxygens (including phenoxy) is 2. The zero-order valence-corrected chi connectivity index (χ0v) is 22.6. The van der Waals surface area contributed by atoms with Crippen LogP contribution in [-0.4, -0.2) is 54.6 Å². The summed E-state index contributed by atoms with van der Waals surface area (Å²) in [4.78, 5) is 52.9. The van der Waals surface area contributed by atoms with Crippen molar-refractivity contribution in [1.82, 2.24) is 20.5 Å². The van der Waals surface area contributed by atoms with Crippen molar-refractivity contribution < 1.29 is 28.2 Å². The minimum absolute atomic E-state index is 0.0838. The standard InChI is InChI=1S/C28H32FN5O6/c1-14-6-23-27-18(8-34(23)28(38)19(14)9-40-16(3)36)26-21(32-24(37)10-39-13-31-11-30-12-35)5-4-17-15(2)20(29)7-22(33-27)25(17)26/h6-7,12,18,21,26,31H,4-5,8-11,13H2,1-3H3,(H,30,35)(H,32,37)/t18?,21-,26?/m0/s1. The highest BCUT2D eigenvalue weighted by Crippen LogP contribution is 2.50. The first-order valence-corrected chi connectivity index (χ1v) is 13.2. The molecule has 2 aliphatic heterocycles. The van der Waals surface area contributed by atoms with Crippen molar-refractivity contribution in [2.45, 2.75) is 58.7 Å². The van der Waals surface area contributed by atoms with Gasteiger partial charge in [-0.3, -0.25) is 29.5 Å². The molecule has 3 aliphatic rings. The van der Waals surface area contributed by atoms with Crippen LogP contribution in [0, 0.1) is 25.6 Å². The molecule has 40 heavy (non-hydrogen) atoms. The summed E-state index contributed by atoms with van der Waals surface area (Å²) in [5.74, 6) is -1.53. The van der Waals surface area contributed by atoms with E-state index < -0.39 is 5.97 Å². The molecule has 0 fully saturated rings. The molecule has 0 bridgehead atoms. The van der Waals surface area contributed by atoms with Gasteiger partial charge in [0.1, 0.15) is 19.0 Å². The Morgan fingerprint density at radius 1 is 1.27 bits per heavy atom. The van der Waals surface area contributed by atoms with Crippen molar-refractivity contribution in [2.24, 2.45) is 10.9 Å². The Hall–Kier alpha value is -3.90. The van der Waals surface area contributed by atoms with E-state index in [1.54, 1.807) is 18.4 Å². The lowest BCUT2D eigenvalue weighted by atomic mass is 9.68. The summed E-state index contributed by atoms with van der Waals surface area (Å²) >= 11 is 0. The van der Waals surface area contributed by atoms with E-state index in [1.165, 1.54) is 13.0 Å². The fourth-order valence-electron chi connectivity index (χ4n) is 6.13. The van der Waals surface area contributed by atoms with Crippen molar-refractivity contribution in [3.63, 3.8) is 0 Å². The first-order chi connectivity index (χ1) is 19.2. The monoisotopic (exact) mass is 553 g/mol. The van der Waals surface area contributed by atoms with Crippen LogP contribution in [0.2, 0.25) is 0 Å². The summed E-state index contributed by atoms with van der Waals surface area (Å²) in [5, 5.41) is 8.37. The summed E-state index contributed by atoms with van der Waals surface area (Å²) in [6.45, 7) is 5.20. The second-order valence-corrected chi connectivity index (χ2v) is 10.4. The number of aryl methyl sites for hydroxylation is 1. The first kappa shape index (κ1) is 27.7. The lowest BCUT2D eigenvalue weighted by molar-refractivity contribution is -0.142. The molecule has 0 saturated carbocycles. The number of nitrogens with one attached hydrogen (secondary N) is 3. The van der Waals surface area contributed by atoms with Crippen LogP contribution in [0.4, 0.5) is 10.1 Å². The van der Waals surface area contributed by atoms with Gasteiger partial charge in [-0.05, 0) is 55.0 Å². The highest BCUT2D eigenvalue weighted by atomic mass is 19.1. The Kier molecular flexibility index (Phi) is 7.81. The van der Waals surface area contributed by atoms with Gasteiger partial charge in [0.05, 0.1) is 36.1 Å². The van der Waals surface area contributed by atoms with Gasteiger partial charge in [-0.25, -0.2) is 4.39 Å². The maximum Gasteiger partial charge on any atom is 0.302 e. The van der Waals surface area contributed by atoms with Gasteiger partial charge in [-0.15, -0.1) is 0 Å². The Morgan fingerprint density at radius 2 is 2.08 bits per heavy atom. The average molecular weight is 554 g/mol. The molecule has 0 spiro atoms. The highest BCUT2D eigenvalue weighted by molar-refractivity contribution is 6.06. The van der Waals surface area contributed by atoms with E-state index >= 15 is 0 Å². The van der Waals surface area contributed by atoms with E-state index in [-0.39, 0.29) is 61.8 Å². The minimum atomic E-state index is -0.471. The molecule has 212 valence electrons. The van der Waals surface area contributed by atoms with Crippen LogP contribution in [0.5, 0.6) is 0 Å². The highest BCUT2D eigenvalue weighted by Gasteiger charge is 2.47. The Labute approximate surface area is 230 Å². The minimum Gasteiger partial charge on any atom is -0.461 e. The number of carbonyl (C=O) groups excluding carboxylic acids is 3. The summed E-state index contributed by atoms with van der Waals surface area (Å²) < 4.78 is 27.1. The fraction of sp³-hybridized carbons (Fsp3) is 0.464. The molecule has 1 aliphatic carbocycles. The predicted molar refractivity (Wildman–Crippen MR) is 143 cm³/mol. The molecular weight excluding hydrogens is 521 g/mol. The van der Waals surface area contributed by atoms with Crippen LogP contribution < -0.4 is 21.5 Å². The number of rotatable bonds is 10. The van der Waals surface area contributed by atoms with E-state index in [0.29, 0.717) is 59.6 Å². The maximum absolute atomic E-state index is 15.0. The Morgan fingerprint density at radius 3 is 2.83 bits per heavy atom. The van der Waals surface area contributed by atoms with E-state index in [4.69, 9.17) is 14.5 Å². The van der Waals surface area contributed by atoms with Crippen molar-refractivity contribution in [2.75, 3.05) is 20.0 Å². The number of hydrogen-bond acceptors (Lipinski definition) is 8. The normalized spacial score (nSPS) is 20.1. The van der Waals surface area contributed by atoms with Gasteiger partial charge in [0, 0.05) is 37.4 Å². The second-order valence-electron chi connectivity index (χ2n) is 10.4. The number of halogens is 1. The number of amides is 2. The summed E-state index contributed by atoms with van der Waals surface area (Å²) in [7, 11) is 0. The third-order valence-electron chi connectivity index (χ3n) is 7.95. The van der Waals surface area contributed by atoms with Crippen LogP contribution in [0.3, 0.4) is 0 Å². The molecule has 0 radical (unpaired) electrons. The molecule has 0 saturated heterocycles.